The second-order valence-electron chi connectivity index (χ2n) is 5.30. The summed E-state index contributed by atoms with van der Waals surface area (Å²) >= 11 is 6.02. The van der Waals surface area contributed by atoms with Crippen molar-refractivity contribution in [2.45, 2.75) is 37.6 Å². The highest BCUT2D eigenvalue weighted by atomic mass is 35.5. The molecule has 0 saturated heterocycles. The maximum Gasteiger partial charge on any atom is 0.244 e. The van der Waals surface area contributed by atoms with Gasteiger partial charge in [-0.2, -0.15) is 4.31 Å². The number of sulfonamides is 1. The van der Waals surface area contributed by atoms with Crippen LogP contribution in [0.4, 0.5) is 5.69 Å². The van der Waals surface area contributed by atoms with Crippen LogP contribution in [0.25, 0.3) is 0 Å². The number of hydrogen-bond donors (Lipinski definition) is 1. The van der Waals surface area contributed by atoms with Crippen molar-refractivity contribution in [3.05, 3.63) is 23.2 Å². The van der Waals surface area contributed by atoms with Gasteiger partial charge in [0.05, 0.1) is 5.02 Å². The van der Waals surface area contributed by atoms with Crippen LogP contribution in [0.2, 0.25) is 5.02 Å². The molecule has 0 heterocycles. The maximum atomic E-state index is 12.7. The van der Waals surface area contributed by atoms with E-state index in [0.29, 0.717) is 18.2 Å². The lowest BCUT2D eigenvalue weighted by molar-refractivity contribution is 0.342. The molecule has 1 aromatic carbocycles. The Kier molecular flexibility index (Phi) is 4.08. The second-order valence-corrected chi connectivity index (χ2v) is 7.57. The van der Waals surface area contributed by atoms with Crippen molar-refractivity contribution in [2.75, 3.05) is 12.3 Å². The molecular formula is C13H19ClN2O2S. The van der Waals surface area contributed by atoms with Gasteiger partial charge in [0.15, 0.2) is 0 Å². The molecule has 0 atom stereocenters. The van der Waals surface area contributed by atoms with Gasteiger partial charge < -0.3 is 5.73 Å². The fraction of sp³-hybridized carbons (Fsp3) is 0.538. The summed E-state index contributed by atoms with van der Waals surface area (Å²) in [5.41, 5.74) is 6.07. The van der Waals surface area contributed by atoms with Gasteiger partial charge in [0, 0.05) is 18.3 Å². The van der Waals surface area contributed by atoms with Crippen molar-refractivity contribution in [2.24, 2.45) is 5.92 Å². The first-order chi connectivity index (χ1) is 8.82. The SMILES string of the molecule is CC(C)N(CC1CC1)S(=O)(=O)c1cc(N)ccc1Cl. The van der Waals surface area contributed by atoms with E-state index in [-0.39, 0.29) is 16.0 Å². The van der Waals surface area contributed by atoms with E-state index in [2.05, 4.69) is 0 Å². The summed E-state index contributed by atoms with van der Waals surface area (Å²) in [6, 6.07) is 4.46. The normalized spacial score (nSPS) is 16.3. The van der Waals surface area contributed by atoms with Crippen LogP contribution >= 0.6 is 11.6 Å². The van der Waals surface area contributed by atoms with Gasteiger partial charge in [0.1, 0.15) is 4.90 Å². The van der Waals surface area contributed by atoms with Crippen LogP contribution in [0.1, 0.15) is 26.7 Å². The number of nitrogens with two attached hydrogens (primary N) is 1. The molecule has 0 aromatic heterocycles. The first-order valence-electron chi connectivity index (χ1n) is 6.39. The van der Waals surface area contributed by atoms with Gasteiger partial charge in [-0.25, -0.2) is 8.42 Å². The van der Waals surface area contributed by atoms with E-state index in [1.165, 1.54) is 16.4 Å². The smallest absolute Gasteiger partial charge is 0.244 e. The molecule has 0 bridgehead atoms. The number of benzene rings is 1. The van der Waals surface area contributed by atoms with Gasteiger partial charge in [0.25, 0.3) is 0 Å². The molecule has 2 rings (SSSR count). The fourth-order valence-electron chi connectivity index (χ4n) is 1.99. The minimum atomic E-state index is -3.59. The topological polar surface area (TPSA) is 63.4 Å². The van der Waals surface area contributed by atoms with Crippen LogP contribution in [0.5, 0.6) is 0 Å². The summed E-state index contributed by atoms with van der Waals surface area (Å²) in [6.45, 7) is 4.31. The van der Waals surface area contributed by atoms with Crippen molar-refractivity contribution in [3.63, 3.8) is 0 Å². The van der Waals surface area contributed by atoms with Crippen molar-refractivity contribution >= 4 is 27.3 Å². The Morgan fingerprint density at radius 1 is 1.42 bits per heavy atom. The largest absolute Gasteiger partial charge is 0.399 e. The van der Waals surface area contributed by atoms with Gasteiger partial charge in [0.2, 0.25) is 10.0 Å². The lowest BCUT2D eigenvalue weighted by atomic mass is 10.3. The van der Waals surface area contributed by atoms with E-state index in [9.17, 15) is 8.42 Å². The monoisotopic (exact) mass is 302 g/mol. The summed E-state index contributed by atoms with van der Waals surface area (Å²) in [6.07, 6.45) is 2.20. The van der Waals surface area contributed by atoms with Crippen LogP contribution < -0.4 is 5.73 Å². The van der Waals surface area contributed by atoms with Gasteiger partial charge in [-0.3, -0.25) is 0 Å². The predicted octanol–water partition coefficient (Wildman–Crippen LogP) is 2.73. The average Bonchev–Trinajstić information content (AvgIpc) is 3.12. The van der Waals surface area contributed by atoms with E-state index in [4.69, 9.17) is 17.3 Å². The van der Waals surface area contributed by atoms with Crippen LogP contribution in [0, 0.1) is 5.92 Å². The zero-order valence-corrected chi connectivity index (χ0v) is 12.7. The number of anilines is 1. The highest BCUT2D eigenvalue weighted by Crippen LogP contribution is 2.34. The molecule has 0 unspecified atom stereocenters. The van der Waals surface area contributed by atoms with Gasteiger partial charge in [-0.15, -0.1) is 0 Å². The third-order valence-electron chi connectivity index (χ3n) is 3.25. The highest BCUT2D eigenvalue weighted by Gasteiger charge is 2.34. The van der Waals surface area contributed by atoms with Gasteiger partial charge in [-0.05, 0) is 50.8 Å². The molecule has 0 aliphatic heterocycles. The maximum absolute atomic E-state index is 12.7. The summed E-state index contributed by atoms with van der Waals surface area (Å²) in [7, 11) is -3.59. The number of nitrogens with zero attached hydrogens (tertiary/aromatic N) is 1. The van der Waals surface area contributed by atoms with E-state index < -0.39 is 10.0 Å². The standard InChI is InChI=1S/C13H19ClN2O2S/c1-9(2)16(8-10-3-4-10)19(17,18)13-7-11(15)5-6-12(13)14/h5-7,9-10H,3-4,8,15H2,1-2H3. The van der Waals surface area contributed by atoms with Gasteiger partial charge >= 0.3 is 0 Å². The molecule has 1 saturated carbocycles. The Labute approximate surface area is 119 Å². The Balaban J connectivity index is 2.40. The minimum Gasteiger partial charge on any atom is -0.399 e. The molecule has 6 heteroatoms. The molecule has 1 aliphatic rings. The molecule has 1 fully saturated rings. The lowest BCUT2D eigenvalue weighted by Crippen LogP contribution is -2.38. The molecule has 4 nitrogen and oxygen atoms in total. The van der Waals surface area contributed by atoms with E-state index in [0.717, 1.165) is 12.8 Å². The highest BCUT2D eigenvalue weighted by molar-refractivity contribution is 7.89. The summed E-state index contributed by atoms with van der Waals surface area (Å²) in [4.78, 5) is 0.100. The third kappa shape index (κ3) is 3.22. The van der Waals surface area contributed by atoms with Crippen LogP contribution in [0.3, 0.4) is 0 Å². The molecule has 0 amide bonds. The van der Waals surface area contributed by atoms with E-state index >= 15 is 0 Å². The molecule has 106 valence electrons. The quantitative estimate of drug-likeness (QED) is 0.851. The molecule has 1 aromatic rings. The zero-order chi connectivity index (χ0) is 14.2. The van der Waals surface area contributed by atoms with Gasteiger partial charge in [-0.1, -0.05) is 11.6 Å². The second kappa shape index (κ2) is 5.31. The molecule has 2 N–H and O–H groups in total. The van der Waals surface area contributed by atoms with Crippen molar-refractivity contribution in [1.29, 1.82) is 0 Å². The number of rotatable bonds is 5. The van der Waals surface area contributed by atoms with E-state index in [1.807, 2.05) is 13.8 Å². The summed E-state index contributed by atoms with van der Waals surface area (Å²) in [5.74, 6) is 0.483. The van der Waals surface area contributed by atoms with E-state index in [1.54, 1.807) is 6.07 Å². The zero-order valence-electron chi connectivity index (χ0n) is 11.1. The van der Waals surface area contributed by atoms with Crippen LogP contribution in [-0.4, -0.2) is 25.3 Å². The summed E-state index contributed by atoms with van der Waals surface area (Å²) < 4.78 is 26.9. The summed E-state index contributed by atoms with van der Waals surface area (Å²) in [5, 5.41) is 0.218. The van der Waals surface area contributed by atoms with Crippen molar-refractivity contribution < 1.29 is 8.42 Å². The third-order valence-corrected chi connectivity index (χ3v) is 5.78. The predicted molar refractivity (Wildman–Crippen MR) is 77.6 cm³/mol. The molecule has 1 aliphatic carbocycles. The van der Waals surface area contributed by atoms with Crippen LogP contribution in [-0.2, 0) is 10.0 Å². The Hall–Kier alpha value is -0.780. The Bertz CT molecular complexity index is 568. The Morgan fingerprint density at radius 2 is 2.05 bits per heavy atom. The average molecular weight is 303 g/mol. The Morgan fingerprint density at radius 3 is 2.58 bits per heavy atom. The number of halogens is 1. The molecule has 19 heavy (non-hydrogen) atoms. The van der Waals surface area contributed by atoms with Crippen LogP contribution in [0.15, 0.2) is 23.1 Å². The fourth-order valence-corrected chi connectivity index (χ4v) is 4.21. The first-order valence-corrected chi connectivity index (χ1v) is 8.21. The van der Waals surface area contributed by atoms with Crippen molar-refractivity contribution in [1.82, 2.24) is 4.31 Å². The van der Waals surface area contributed by atoms with Crippen molar-refractivity contribution in [3.8, 4) is 0 Å². The molecule has 0 spiro atoms. The first kappa shape index (κ1) is 14.6. The number of hydrogen-bond acceptors (Lipinski definition) is 3. The molecular weight excluding hydrogens is 284 g/mol. The minimum absolute atomic E-state index is 0.0944. The lowest BCUT2D eigenvalue weighted by Gasteiger charge is -2.26. The number of nitrogen functional groups attached to an aromatic ring is 1. The molecule has 0 radical (unpaired) electrons.